The highest BCUT2D eigenvalue weighted by atomic mass is 32.2. The van der Waals surface area contributed by atoms with E-state index in [9.17, 15) is 8.42 Å². The van der Waals surface area contributed by atoms with Gasteiger partial charge >= 0.3 is 0 Å². The molecule has 3 aromatic carbocycles. The molecule has 0 atom stereocenters. The van der Waals surface area contributed by atoms with Crippen molar-refractivity contribution in [3.05, 3.63) is 108 Å². The van der Waals surface area contributed by atoms with Crippen molar-refractivity contribution in [3.8, 4) is 0 Å². The monoisotopic (exact) mass is 426 g/mol. The van der Waals surface area contributed by atoms with Crippen molar-refractivity contribution < 1.29 is 22.1 Å². The molecule has 0 bridgehead atoms. The Morgan fingerprint density at radius 1 is 0.633 bits per heavy atom. The third-order valence-corrected chi connectivity index (χ3v) is 5.21. The molecule has 0 aliphatic rings. The predicted octanol–water partition coefficient (Wildman–Crippen LogP) is 3.99. The van der Waals surface area contributed by atoms with Crippen LogP contribution < -0.4 is 0 Å². The second-order valence-corrected chi connectivity index (χ2v) is 8.41. The molecule has 0 amide bonds. The van der Waals surface area contributed by atoms with Gasteiger partial charge in [-0.3, -0.25) is 4.18 Å². The largest absolute Gasteiger partial charge is 0.377 e. The lowest BCUT2D eigenvalue weighted by molar-refractivity contribution is -0.0269. The van der Waals surface area contributed by atoms with Gasteiger partial charge in [-0.05, 0) is 16.7 Å². The van der Waals surface area contributed by atoms with Crippen LogP contribution in [0.5, 0.6) is 0 Å². The van der Waals surface area contributed by atoms with Crippen molar-refractivity contribution in [1.82, 2.24) is 0 Å². The first-order valence-electron chi connectivity index (χ1n) is 9.75. The molecular weight excluding hydrogens is 400 g/mol. The highest BCUT2D eigenvalue weighted by Gasteiger charge is 2.37. The van der Waals surface area contributed by atoms with Gasteiger partial charge in [0.25, 0.3) is 10.1 Å². The maximum atomic E-state index is 11.0. The van der Waals surface area contributed by atoms with E-state index in [0.717, 1.165) is 22.9 Å². The van der Waals surface area contributed by atoms with Crippen molar-refractivity contribution in [2.24, 2.45) is 0 Å². The van der Waals surface area contributed by atoms with Crippen molar-refractivity contribution in [1.29, 1.82) is 0 Å². The first kappa shape index (κ1) is 22.2. The molecule has 5 nitrogen and oxygen atoms in total. The lowest BCUT2D eigenvalue weighted by Crippen LogP contribution is -2.34. The lowest BCUT2D eigenvalue weighted by Gasteiger charge is -2.36. The minimum atomic E-state index is -3.46. The van der Waals surface area contributed by atoms with Gasteiger partial charge < -0.3 is 9.47 Å². The Kier molecular flexibility index (Phi) is 7.76. The quantitative estimate of drug-likeness (QED) is 0.264. The Morgan fingerprint density at radius 2 is 1.03 bits per heavy atom. The topological polar surface area (TPSA) is 61.8 Å². The Hall–Kier alpha value is -2.51. The zero-order chi connectivity index (χ0) is 21.3. The highest BCUT2D eigenvalue weighted by molar-refractivity contribution is 7.85. The van der Waals surface area contributed by atoms with Crippen molar-refractivity contribution in [2.75, 3.05) is 32.7 Å². The minimum Gasteiger partial charge on any atom is -0.377 e. The first-order chi connectivity index (χ1) is 14.5. The summed E-state index contributed by atoms with van der Waals surface area (Å²) in [6, 6.07) is 30.3. The van der Waals surface area contributed by atoms with Gasteiger partial charge in [0.15, 0.2) is 0 Å². The van der Waals surface area contributed by atoms with E-state index in [4.69, 9.17) is 13.7 Å². The second-order valence-electron chi connectivity index (χ2n) is 6.77. The van der Waals surface area contributed by atoms with E-state index in [1.54, 1.807) is 0 Å². The average Bonchev–Trinajstić information content (AvgIpc) is 2.77. The summed E-state index contributed by atoms with van der Waals surface area (Å²) < 4.78 is 38.8. The molecule has 158 valence electrons. The van der Waals surface area contributed by atoms with Gasteiger partial charge in [0.2, 0.25) is 0 Å². The van der Waals surface area contributed by atoms with Crippen LogP contribution >= 0.6 is 0 Å². The van der Waals surface area contributed by atoms with Gasteiger partial charge in [0.05, 0.1) is 32.7 Å². The highest BCUT2D eigenvalue weighted by Crippen LogP contribution is 2.40. The minimum absolute atomic E-state index is 0.0139. The fourth-order valence-corrected chi connectivity index (χ4v) is 3.74. The van der Waals surface area contributed by atoms with Crippen LogP contribution in [0.1, 0.15) is 16.7 Å². The molecule has 0 N–H and O–H groups in total. The molecule has 0 aromatic heterocycles. The van der Waals surface area contributed by atoms with Crippen LogP contribution in [0.3, 0.4) is 0 Å². The summed E-state index contributed by atoms with van der Waals surface area (Å²) in [5.41, 5.74) is 2.25. The zero-order valence-corrected chi connectivity index (χ0v) is 17.8. The number of rotatable bonds is 11. The smallest absolute Gasteiger partial charge is 0.264 e. The van der Waals surface area contributed by atoms with E-state index in [1.165, 1.54) is 0 Å². The van der Waals surface area contributed by atoms with Gasteiger partial charge in [-0.1, -0.05) is 91.0 Å². The third kappa shape index (κ3) is 5.77. The first-order valence-corrected chi connectivity index (χ1v) is 11.6. The van der Waals surface area contributed by atoms with Gasteiger partial charge in [-0.15, -0.1) is 0 Å². The summed E-state index contributed by atoms with van der Waals surface area (Å²) in [7, 11) is -3.46. The van der Waals surface area contributed by atoms with Gasteiger partial charge in [0, 0.05) is 0 Å². The summed E-state index contributed by atoms with van der Waals surface area (Å²) in [5.74, 6) is 0. The normalized spacial score (nSPS) is 12.0. The third-order valence-electron chi connectivity index (χ3n) is 4.61. The van der Waals surface area contributed by atoms with E-state index in [-0.39, 0.29) is 13.2 Å². The fourth-order valence-electron chi connectivity index (χ4n) is 3.37. The van der Waals surface area contributed by atoms with Crippen LogP contribution in [0.25, 0.3) is 0 Å². The SMILES string of the molecule is CS(=O)(=O)OCCOCCOC(c1ccccc1)(c1ccccc1)c1ccccc1. The summed E-state index contributed by atoms with van der Waals surface area (Å²) in [6.45, 7) is 0.782. The predicted molar refractivity (Wildman–Crippen MR) is 117 cm³/mol. The molecule has 0 spiro atoms. The molecule has 0 radical (unpaired) electrons. The number of ether oxygens (including phenoxy) is 2. The van der Waals surface area contributed by atoms with Crippen molar-refractivity contribution in [2.45, 2.75) is 5.60 Å². The Morgan fingerprint density at radius 3 is 1.43 bits per heavy atom. The molecule has 0 saturated carbocycles. The van der Waals surface area contributed by atoms with E-state index in [0.29, 0.717) is 13.2 Å². The molecule has 0 heterocycles. The molecular formula is C24H26O5S. The van der Waals surface area contributed by atoms with Crippen molar-refractivity contribution in [3.63, 3.8) is 0 Å². The summed E-state index contributed by atoms with van der Waals surface area (Å²) in [5, 5.41) is 0. The van der Waals surface area contributed by atoms with Crippen LogP contribution in [-0.2, 0) is 29.4 Å². The molecule has 0 fully saturated rings. The molecule has 6 heteroatoms. The van der Waals surface area contributed by atoms with E-state index in [1.807, 2.05) is 54.6 Å². The maximum absolute atomic E-state index is 11.0. The standard InChI is InChI=1S/C24H26O5S/c1-30(25,26)29-20-18-27-17-19-28-24(21-11-5-2-6-12-21,22-13-7-3-8-14-22)23-15-9-4-10-16-23/h2-16H,17-20H2,1H3. The Balaban J connectivity index is 1.83. The number of hydrogen-bond acceptors (Lipinski definition) is 5. The van der Waals surface area contributed by atoms with Crippen LogP contribution in [0.15, 0.2) is 91.0 Å². The van der Waals surface area contributed by atoms with E-state index < -0.39 is 15.7 Å². The zero-order valence-electron chi connectivity index (χ0n) is 16.9. The van der Waals surface area contributed by atoms with E-state index >= 15 is 0 Å². The van der Waals surface area contributed by atoms with Crippen molar-refractivity contribution >= 4 is 10.1 Å². The molecule has 30 heavy (non-hydrogen) atoms. The molecule has 0 aliphatic heterocycles. The summed E-state index contributed by atoms with van der Waals surface area (Å²) >= 11 is 0. The van der Waals surface area contributed by atoms with Crippen LogP contribution in [0, 0.1) is 0 Å². The molecule has 0 unspecified atom stereocenters. The summed E-state index contributed by atoms with van der Waals surface area (Å²) in [6.07, 6.45) is 1.02. The van der Waals surface area contributed by atoms with Crippen LogP contribution in [-0.4, -0.2) is 41.1 Å². The number of hydrogen-bond donors (Lipinski definition) is 0. The van der Waals surface area contributed by atoms with Crippen LogP contribution in [0.4, 0.5) is 0 Å². The van der Waals surface area contributed by atoms with Crippen LogP contribution in [0.2, 0.25) is 0 Å². The van der Waals surface area contributed by atoms with Gasteiger partial charge in [-0.25, -0.2) is 0 Å². The summed E-state index contributed by atoms with van der Waals surface area (Å²) in [4.78, 5) is 0. The second kappa shape index (κ2) is 10.5. The maximum Gasteiger partial charge on any atom is 0.264 e. The molecule has 3 aromatic rings. The Bertz CT molecular complexity index is 893. The molecule has 3 rings (SSSR count). The lowest BCUT2D eigenvalue weighted by atomic mass is 9.80. The van der Waals surface area contributed by atoms with Gasteiger partial charge in [-0.2, -0.15) is 8.42 Å². The van der Waals surface area contributed by atoms with E-state index in [2.05, 4.69) is 36.4 Å². The molecule has 0 saturated heterocycles. The average molecular weight is 427 g/mol. The van der Waals surface area contributed by atoms with Gasteiger partial charge in [0.1, 0.15) is 5.60 Å². The Labute approximate surface area is 178 Å². The fraction of sp³-hybridized carbons (Fsp3) is 0.250. The number of benzene rings is 3. The molecule has 0 aliphatic carbocycles.